The molecule has 1 atom stereocenters. The van der Waals surface area contributed by atoms with Crippen molar-refractivity contribution in [1.82, 2.24) is 19.7 Å². The van der Waals surface area contributed by atoms with Crippen LogP contribution in [0.3, 0.4) is 0 Å². The average Bonchev–Trinajstić information content (AvgIpc) is 3.32. The summed E-state index contributed by atoms with van der Waals surface area (Å²) < 4.78 is 1.99. The number of nitrogens with one attached hydrogen (secondary N) is 1. The number of nitrogens with zero attached hydrogens (tertiary/aromatic N) is 5. The minimum Gasteiger partial charge on any atom is -0.316 e. The van der Waals surface area contributed by atoms with Crippen LogP contribution in [0.4, 0.5) is 5.00 Å². The van der Waals surface area contributed by atoms with Gasteiger partial charge in [-0.25, -0.2) is 0 Å². The molecule has 0 spiro atoms. The number of rotatable bonds is 6. The van der Waals surface area contributed by atoms with Gasteiger partial charge in [-0.05, 0) is 49.8 Å². The van der Waals surface area contributed by atoms with Crippen LogP contribution < -0.4 is 5.32 Å². The molecule has 0 aromatic carbocycles. The molecule has 3 heterocycles. The van der Waals surface area contributed by atoms with Crippen LogP contribution in [0.25, 0.3) is 11.4 Å². The molecule has 1 aliphatic rings. The number of aromatic nitrogens is 4. The number of amides is 1. The third-order valence-corrected chi connectivity index (χ3v) is 7.32. The molecular weight excluding hydrogens is 416 g/mol. The van der Waals surface area contributed by atoms with E-state index in [0.29, 0.717) is 28.2 Å². The summed E-state index contributed by atoms with van der Waals surface area (Å²) in [6.45, 7) is 4.95. The smallest absolute Gasteiger partial charge is 0.235 e. The molecule has 0 fully saturated rings. The van der Waals surface area contributed by atoms with Crippen molar-refractivity contribution < 1.29 is 4.79 Å². The Bertz CT molecular complexity index is 1100. The van der Waals surface area contributed by atoms with E-state index in [9.17, 15) is 10.1 Å². The molecule has 1 N–H and O–H groups in total. The van der Waals surface area contributed by atoms with Gasteiger partial charge < -0.3 is 9.88 Å². The van der Waals surface area contributed by atoms with E-state index in [4.69, 9.17) is 0 Å². The summed E-state index contributed by atoms with van der Waals surface area (Å²) in [5, 5.41) is 22.5. The van der Waals surface area contributed by atoms with Gasteiger partial charge in [0, 0.05) is 29.4 Å². The van der Waals surface area contributed by atoms with E-state index in [1.54, 1.807) is 23.7 Å². The van der Waals surface area contributed by atoms with Crippen molar-refractivity contribution in [2.75, 3.05) is 11.1 Å². The molecule has 154 valence electrons. The second kappa shape index (κ2) is 8.98. The van der Waals surface area contributed by atoms with Crippen LogP contribution in [0.15, 0.2) is 29.7 Å². The van der Waals surface area contributed by atoms with Gasteiger partial charge in [-0.3, -0.25) is 9.78 Å². The quantitative estimate of drug-likeness (QED) is 0.581. The molecule has 3 aromatic rings. The number of pyridine rings is 1. The molecule has 0 aliphatic heterocycles. The number of thioether (sulfide) groups is 1. The normalized spacial score (nSPS) is 15.4. The van der Waals surface area contributed by atoms with E-state index in [-0.39, 0.29) is 11.7 Å². The second-order valence-corrected chi connectivity index (χ2v) is 9.34. The van der Waals surface area contributed by atoms with Crippen molar-refractivity contribution in [3.63, 3.8) is 0 Å². The number of anilines is 1. The van der Waals surface area contributed by atoms with Gasteiger partial charge in [-0.2, -0.15) is 5.26 Å². The highest BCUT2D eigenvalue weighted by molar-refractivity contribution is 7.99. The van der Waals surface area contributed by atoms with Crippen molar-refractivity contribution in [3.8, 4) is 17.5 Å². The van der Waals surface area contributed by atoms with Crippen LogP contribution in [0.5, 0.6) is 0 Å². The predicted molar refractivity (Wildman–Crippen MR) is 119 cm³/mol. The summed E-state index contributed by atoms with van der Waals surface area (Å²) in [5.41, 5.74) is 2.70. The van der Waals surface area contributed by atoms with E-state index in [1.165, 1.54) is 16.6 Å². The van der Waals surface area contributed by atoms with Crippen molar-refractivity contribution in [3.05, 3.63) is 40.5 Å². The number of nitriles is 1. The van der Waals surface area contributed by atoms with Crippen LogP contribution in [-0.4, -0.2) is 31.4 Å². The lowest BCUT2D eigenvalue weighted by molar-refractivity contribution is -0.113. The van der Waals surface area contributed by atoms with Gasteiger partial charge in [0.1, 0.15) is 11.1 Å². The predicted octanol–water partition coefficient (Wildman–Crippen LogP) is 4.15. The number of hydrogen-bond acceptors (Lipinski definition) is 7. The van der Waals surface area contributed by atoms with Crippen molar-refractivity contribution in [2.45, 2.75) is 44.8 Å². The highest BCUT2D eigenvalue weighted by atomic mass is 32.2. The Labute approximate surface area is 183 Å². The summed E-state index contributed by atoms with van der Waals surface area (Å²) in [4.78, 5) is 17.9. The van der Waals surface area contributed by atoms with E-state index < -0.39 is 0 Å². The zero-order chi connectivity index (χ0) is 21.1. The molecule has 1 unspecified atom stereocenters. The molecule has 0 bridgehead atoms. The van der Waals surface area contributed by atoms with Gasteiger partial charge in [0.25, 0.3) is 0 Å². The standard InChI is InChI=1S/C21H22N6OS2/c1-3-27-19(14-6-8-23-9-7-14)25-26-21(27)29-12-18(28)24-20-16(11-22)15-5-4-13(2)10-17(15)30-20/h6-9,13H,3-5,10,12H2,1-2H3,(H,24,28). The first kappa shape index (κ1) is 20.6. The molecule has 1 amide bonds. The maximum absolute atomic E-state index is 12.6. The zero-order valence-electron chi connectivity index (χ0n) is 16.9. The van der Waals surface area contributed by atoms with Gasteiger partial charge >= 0.3 is 0 Å². The second-order valence-electron chi connectivity index (χ2n) is 7.29. The number of fused-ring (bicyclic) bond motifs is 1. The Morgan fingerprint density at radius 2 is 2.20 bits per heavy atom. The minimum atomic E-state index is -0.140. The first-order chi connectivity index (χ1) is 14.6. The number of carbonyl (C=O) groups is 1. The fourth-order valence-electron chi connectivity index (χ4n) is 3.65. The van der Waals surface area contributed by atoms with Crippen LogP contribution in [0.2, 0.25) is 0 Å². The van der Waals surface area contributed by atoms with Gasteiger partial charge in [-0.15, -0.1) is 21.5 Å². The lowest BCUT2D eigenvalue weighted by atomic mass is 9.89. The maximum atomic E-state index is 12.6. The third kappa shape index (κ3) is 4.11. The topological polar surface area (TPSA) is 96.5 Å². The Hall–Kier alpha value is -2.70. The zero-order valence-corrected chi connectivity index (χ0v) is 18.5. The molecule has 0 saturated carbocycles. The van der Waals surface area contributed by atoms with Crippen molar-refractivity contribution in [2.24, 2.45) is 5.92 Å². The lowest BCUT2D eigenvalue weighted by Crippen LogP contribution is -2.14. The fraction of sp³-hybridized carbons (Fsp3) is 0.381. The molecule has 0 saturated heterocycles. The van der Waals surface area contributed by atoms with Crippen molar-refractivity contribution in [1.29, 1.82) is 5.26 Å². The largest absolute Gasteiger partial charge is 0.316 e. The Morgan fingerprint density at radius 3 is 2.93 bits per heavy atom. The SMILES string of the molecule is CCn1c(SCC(=O)Nc2sc3c(c2C#N)CCC(C)C3)nnc1-c1ccncc1. The molecule has 30 heavy (non-hydrogen) atoms. The lowest BCUT2D eigenvalue weighted by Gasteiger charge is -2.17. The molecule has 3 aromatic heterocycles. The summed E-state index contributed by atoms with van der Waals surface area (Å²) in [6.07, 6.45) is 6.43. The molecule has 1 aliphatic carbocycles. The van der Waals surface area contributed by atoms with E-state index in [2.05, 4.69) is 33.5 Å². The van der Waals surface area contributed by atoms with Crippen LogP contribution in [0.1, 0.15) is 36.3 Å². The summed E-state index contributed by atoms with van der Waals surface area (Å²) in [5.74, 6) is 1.45. The number of carbonyl (C=O) groups excluding carboxylic acids is 1. The molecule has 0 radical (unpaired) electrons. The highest BCUT2D eigenvalue weighted by Crippen LogP contribution is 2.39. The maximum Gasteiger partial charge on any atom is 0.235 e. The Morgan fingerprint density at radius 1 is 1.40 bits per heavy atom. The Kier molecular flexibility index (Phi) is 6.16. The first-order valence-electron chi connectivity index (χ1n) is 9.91. The monoisotopic (exact) mass is 438 g/mol. The molecule has 7 nitrogen and oxygen atoms in total. The highest BCUT2D eigenvalue weighted by Gasteiger charge is 2.25. The Balaban J connectivity index is 1.45. The van der Waals surface area contributed by atoms with E-state index >= 15 is 0 Å². The third-order valence-electron chi connectivity index (χ3n) is 5.18. The van der Waals surface area contributed by atoms with Crippen LogP contribution >= 0.6 is 23.1 Å². The van der Waals surface area contributed by atoms with Crippen molar-refractivity contribution >= 4 is 34.0 Å². The molecule has 9 heteroatoms. The van der Waals surface area contributed by atoms with Gasteiger partial charge in [-0.1, -0.05) is 18.7 Å². The first-order valence-corrected chi connectivity index (χ1v) is 11.7. The van der Waals surface area contributed by atoms with Gasteiger partial charge in [0.05, 0.1) is 11.3 Å². The molecule has 4 rings (SSSR count). The summed E-state index contributed by atoms with van der Waals surface area (Å²) in [6, 6.07) is 6.07. The van der Waals surface area contributed by atoms with Crippen LogP contribution in [-0.2, 0) is 24.2 Å². The number of hydrogen-bond donors (Lipinski definition) is 1. The summed E-state index contributed by atoms with van der Waals surface area (Å²) >= 11 is 2.89. The molecular formula is C21H22N6OS2. The van der Waals surface area contributed by atoms with E-state index in [1.807, 2.05) is 23.6 Å². The van der Waals surface area contributed by atoms with Gasteiger partial charge in [0.2, 0.25) is 5.91 Å². The summed E-state index contributed by atoms with van der Waals surface area (Å²) in [7, 11) is 0. The van der Waals surface area contributed by atoms with Gasteiger partial charge in [0.15, 0.2) is 11.0 Å². The van der Waals surface area contributed by atoms with Crippen LogP contribution in [0, 0.1) is 17.2 Å². The van der Waals surface area contributed by atoms with E-state index in [0.717, 1.165) is 36.2 Å². The minimum absolute atomic E-state index is 0.140. The fourth-order valence-corrected chi connectivity index (χ4v) is 5.82. The average molecular weight is 439 g/mol. The number of thiophene rings is 1.